The molecule has 0 aliphatic carbocycles. The summed E-state index contributed by atoms with van der Waals surface area (Å²) in [5.41, 5.74) is 1.21. The van der Waals surface area contributed by atoms with Crippen LogP contribution in [-0.2, 0) is 20.7 Å². The van der Waals surface area contributed by atoms with Crippen LogP contribution in [0, 0.1) is 0 Å². The highest BCUT2D eigenvalue weighted by atomic mass is 127. The molecule has 8 heteroatoms. The SMILES string of the molecule is CCNC(=NCC(=O)NCCc1ccccc1)NCCCOCCOC.I. The Hall–Kier alpha value is -1.39. The molecule has 0 saturated carbocycles. The molecule has 0 fully saturated rings. The number of hydrogen-bond acceptors (Lipinski definition) is 4. The van der Waals surface area contributed by atoms with Crippen molar-refractivity contribution >= 4 is 35.8 Å². The quantitative estimate of drug-likeness (QED) is 0.169. The second kappa shape index (κ2) is 18.0. The van der Waals surface area contributed by atoms with Crippen molar-refractivity contribution in [3.8, 4) is 0 Å². The Morgan fingerprint density at radius 2 is 1.81 bits per heavy atom. The number of carbonyl (C=O) groups excluding carboxylic acids is 1. The molecule has 0 saturated heterocycles. The molecule has 0 atom stereocenters. The number of ether oxygens (including phenoxy) is 2. The molecule has 3 N–H and O–H groups in total. The van der Waals surface area contributed by atoms with Crippen molar-refractivity contribution in [1.29, 1.82) is 0 Å². The molecule has 0 aliphatic rings. The zero-order valence-electron chi connectivity index (χ0n) is 16.3. The Kier molecular flexibility index (Phi) is 17.1. The lowest BCUT2D eigenvalue weighted by Gasteiger charge is -2.11. The van der Waals surface area contributed by atoms with Crippen LogP contribution < -0.4 is 16.0 Å². The smallest absolute Gasteiger partial charge is 0.241 e. The molecule has 1 amide bonds. The summed E-state index contributed by atoms with van der Waals surface area (Å²) < 4.78 is 10.3. The van der Waals surface area contributed by atoms with E-state index in [0.29, 0.717) is 32.3 Å². The second-order valence-corrected chi connectivity index (χ2v) is 5.67. The Balaban J connectivity index is 0.00000676. The largest absolute Gasteiger partial charge is 0.382 e. The summed E-state index contributed by atoms with van der Waals surface area (Å²) in [7, 11) is 1.65. The Bertz CT molecular complexity index is 515. The minimum atomic E-state index is -0.0824. The molecule has 0 unspecified atom stereocenters. The van der Waals surface area contributed by atoms with Crippen molar-refractivity contribution < 1.29 is 14.3 Å². The van der Waals surface area contributed by atoms with E-state index in [1.807, 2.05) is 25.1 Å². The van der Waals surface area contributed by atoms with Gasteiger partial charge < -0.3 is 25.4 Å². The highest BCUT2D eigenvalue weighted by molar-refractivity contribution is 14.0. The highest BCUT2D eigenvalue weighted by Gasteiger charge is 2.02. The fraction of sp³-hybridized carbons (Fsp3) is 0.579. The van der Waals surface area contributed by atoms with Crippen LogP contribution in [0.1, 0.15) is 18.9 Å². The number of amides is 1. The topological polar surface area (TPSA) is 84.0 Å². The van der Waals surface area contributed by atoms with E-state index < -0.39 is 0 Å². The third-order valence-electron chi connectivity index (χ3n) is 3.49. The lowest BCUT2D eigenvalue weighted by molar-refractivity contribution is -0.119. The molecule has 1 rings (SSSR count). The predicted molar refractivity (Wildman–Crippen MR) is 120 cm³/mol. The number of nitrogens with one attached hydrogen (secondary N) is 3. The number of hydrogen-bond donors (Lipinski definition) is 3. The van der Waals surface area contributed by atoms with Gasteiger partial charge in [0.2, 0.25) is 5.91 Å². The molecule has 0 spiro atoms. The predicted octanol–water partition coefficient (Wildman–Crippen LogP) is 1.57. The van der Waals surface area contributed by atoms with Gasteiger partial charge in [0, 0.05) is 33.4 Å². The molecule has 0 bridgehead atoms. The van der Waals surface area contributed by atoms with Gasteiger partial charge in [-0.2, -0.15) is 0 Å². The molecule has 1 aromatic rings. The first-order valence-corrected chi connectivity index (χ1v) is 9.15. The van der Waals surface area contributed by atoms with Crippen LogP contribution >= 0.6 is 24.0 Å². The fourth-order valence-electron chi connectivity index (χ4n) is 2.16. The van der Waals surface area contributed by atoms with Gasteiger partial charge in [0.05, 0.1) is 13.2 Å². The third-order valence-corrected chi connectivity index (χ3v) is 3.49. The second-order valence-electron chi connectivity index (χ2n) is 5.67. The molecule has 0 radical (unpaired) electrons. The van der Waals surface area contributed by atoms with E-state index in [1.165, 1.54) is 5.56 Å². The maximum absolute atomic E-state index is 11.9. The summed E-state index contributed by atoms with van der Waals surface area (Å²) in [6.07, 6.45) is 1.68. The number of rotatable bonds is 13. The van der Waals surface area contributed by atoms with Crippen molar-refractivity contribution in [2.24, 2.45) is 4.99 Å². The van der Waals surface area contributed by atoms with Crippen molar-refractivity contribution in [3.05, 3.63) is 35.9 Å². The molecule has 0 heterocycles. The van der Waals surface area contributed by atoms with Gasteiger partial charge in [-0.25, -0.2) is 4.99 Å². The Morgan fingerprint density at radius 3 is 2.52 bits per heavy atom. The van der Waals surface area contributed by atoms with E-state index in [4.69, 9.17) is 9.47 Å². The van der Waals surface area contributed by atoms with E-state index in [2.05, 4.69) is 33.1 Å². The average Bonchev–Trinajstić information content (AvgIpc) is 2.66. The van der Waals surface area contributed by atoms with E-state index in [0.717, 1.165) is 25.9 Å². The van der Waals surface area contributed by atoms with Crippen molar-refractivity contribution in [1.82, 2.24) is 16.0 Å². The molecular weight excluding hydrogens is 459 g/mol. The molecule has 7 nitrogen and oxygen atoms in total. The lowest BCUT2D eigenvalue weighted by atomic mass is 10.1. The number of methoxy groups -OCH3 is 1. The van der Waals surface area contributed by atoms with E-state index in [1.54, 1.807) is 7.11 Å². The molecule has 1 aromatic carbocycles. The normalized spacial score (nSPS) is 10.8. The van der Waals surface area contributed by atoms with Gasteiger partial charge in [0.15, 0.2) is 5.96 Å². The first kappa shape index (κ1) is 25.6. The minimum Gasteiger partial charge on any atom is -0.382 e. The number of carbonyl (C=O) groups is 1. The lowest BCUT2D eigenvalue weighted by Crippen LogP contribution is -2.39. The minimum absolute atomic E-state index is 0. The monoisotopic (exact) mass is 492 g/mol. The van der Waals surface area contributed by atoms with Crippen LogP contribution in [0.2, 0.25) is 0 Å². The third kappa shape index (κ3) is 14.3. The maximum Gasteiger partial charge on any atom is 0.241 e. The first-order valence-electron chi connectivity index (χ1n) is 9.15. The molecule has 0 aromatic heterocycles. The molecular formula is C19H33IN4O3. The number of nitrogens with zero attached hydrogens (tertiary/aromatic N) is 1. The molecule has 154 valence electrons. The van der Waals surface area contributed by atoms with E-state index in [-0.39, 0.29) is 36.4 Å². The van der Waals surface area contributed by atoms with Gasteiger partial charge in [-0.1, -0.05) is 30.3 Å². The van der Waals surface area contributed by atoms with Crippen LogP contribution in [0.4, 0.5) is 0 Å². The number of guanidine groups is 1. The van der Waals surface area contributed by atoms with Crippen LogP contribution in [0.15, 0.2) is 35.3 Å². The van der Waals surface area contributed by atoms with Crippen LogP contribution in [0.3, 0.4) is 0 Å². The Morgan fingerprint density at radius 1 is 1.04 bits per heavy atom. The van der Waals surface area contributed by atoms with E-state index in [9.17, 15) is 4.79 Å². The highest BCUT2D eigenvalue weighted by Crippen LogP contribution is 1.97. The summed E-state index contributed by atoms with van der Waals surface area (Å²) >= 11 is 0. The number of halogens is 1. The number of benzene rings is 1. The molecule has 0 aliphatic heterocycles. The molecule has 27 heavy (non-hydrogen) atoms. The zero-order chi connectivity index (χ0) is 18.9. The fourth-order valence-corrected chi connectivity index (χ4v) is 2.16. The van der Waals surface area contributed by atoms with Crippen molar-refractivity contribution in [2.45, 2.75) is 19.8 Å². The zero-order valence-corrected chi connectivity index (χ0v) is 18.7. The Labute approximate surface area is 179 Å². The van der Waals surface area contributed by atoms with Crippen molar-refractivity contribution in [3.63, 3.8) is 0 Å². The van der Waals surface area contributed by atoms with Crippen LogP contribution in [0.5, 0.6) is 0 Å². The van der Waals surface area contributed by atoms with Crippen molar-refractivity contribution in [2.75, 3.05) is 53.1 Å². The van der Waals surface area contributed by atoms with Gasteiger partial charge in [-0.15, -0.1) is 24.0 Å². The summed E-state index contributed by atoms with van der Waals surface area (Å²) in [5.74, 6) is 0.559. The number of aliphatic imine (C=N–C) groups is 1. The first-order chi connectivity index (χ1) is 12.8. The summed E-state index contributed by atoms with van der Waals surface area (Å²) in [6.45, 7) is 6.06. The van der Waals surface area contributed by atoms with Gasteiger partial charge in [-0.05, 0) is 25.3 Å². The van der Waals surface area contributed by atoms with Crippen LogP contribution in [-0.4, -0.2) is 65.0 Å². The van der Waals surface area contributed by atoms with Gasteiger partial charge in [0.1, 0.15) is 6.54 Å². The van der Waals surface area contributed by atoms with Crippen LogP contribution in [0.25, 0.3) is 0 Å². The summed E-state index contributed by atoms with van der Waals surface area (Å²) in [6, 6.07) is 10.1. The van der Waals surface area contributed by atoms with Gasteiger partial charge in [-0.3, -0.25) is 4.79 Å². The van der Waals surface area contributed by atoms with Gasteiger partial charge >= 0.3 is 0 Å². The maximum atomic E-state index is 11.9. The summed E-state index contributed by atoms with van der Waals surface area (Å²) in [5, 5.41) is 9.22. The average molecular weight is 492 g/mol. The standard InChI is InChI=1S/C19H32N4O3.HI/c1-3-20-19(22-11-7-13-26-15-14-25-2)23-16-18(24)21-12-10-17-8-5-4-6-9-17;/h4-6,8-9H,3,7,10-16H2,1-2H3,(H,21,24)(H2,20,22,23);1H. The summed E-state index contributed by atoms with van der Waals surface area (Å²) in [4.78, 5) is 16.2. The van der Waals surface area contributed by atoms with Gasteiger partial charge in [0.25, 0.3) is 0 Å². The van der Waals surface area contributed by atoms with E-state index >= 15 is 0 Å².